The monoisotopic (exact) mass is 512 g/mol. The molecule has 0 radical (unpaired) electrons. The van der Waals surface area contributed by atoms with Crippen LogP contribution in [-0.2, 0) is 14.3 Å². The lowest BCUT2D eigenvalue weighted by molar-refractivity contribution is -0.139. The number of carbonyl (C=O) groups is 3. The smallest absolute Gasteiger partial charge is 0.419 e. The van der Waals surface area contributed by atoms with Crippen LogP contribution in [-0.4, -0.2) is 40.0 Å². The number of rotatable bonds is 5. The average Bonchev–Trinajstić information content (AvgIpc) is 3.41. The molecule has 0 saturated carbocycles. The molecule has 1 heterocycles. The van der Waals surface area contributed by atoms with Crippen molar-refractivity contribution >= 4 is 29.1 Å². The van der Waals surface area contributed by atoms with Gasteiger partial charge in [0, 0.05) is 23.1 Å². The molecule has 0 fully saturated rings. The van der Waals surface area contributed by atoms with E-state index < -0.39 is 29.8 Å². The summed E-state index contributed by atoms with van der Waals surface area (Å²) in [5, 5.41) is 13.0. The third-order valence-corrected chi connectivity index (χ3v) is 6.50. The Kier molecular flexibility index (Phi) is 6.40. The zero-order chi connectivity index (χ0) is 27.0. The number of para-hydroxylation sites is 1. The van der Waals surface area contributed by atoms with Crippen molar-refractivity contribution in [1.82, 2.24) is 9.88 Å². The molecule has 194 valence electrons. The molecule has 8 heteroatoms. The fourth-order valence-corrected chi connectivity index (χ4v) is 4.93. The van der Waals surface area contributed by atoms with Crippen molar-refractivity contribution < 1.29 is 29.0 Å². The number of alkyl carbamates (subject to hydrolysis) is 1. The largest absolute Gasteiger partial charge is 0.479 e. The summed E-state index contributed by atoms with van der Waals surface area (Å²) in [5.74, 6) is -1.45. The van der Waals surface area contributed by atoms with Crippen LogP contribution in [0.1, 0.15) is 49.4 Å². The molecule has 0 aliphatic heterocycles. The van der Waals surface area contributed by atoms with Gasteiger partial charge in [0.2, 0.25) is 0 Å². The Bertz CT molecular complexity index is 1500. The molecule has 1 atom stereocenters. The number of ether oxygens (including phenoxy) is 2. The molecular weight excluding hydrogens is 484 g/mol. The Labute approximate surface area is 219 Å². The van der Waals surface area contributed by atoms with Gasteiger partial charge in [-0.25, -0.2) is 14.4 Å². The Morgan fingerprint density at radius 3 is 2.11 bits per heavy atom. The van der Waals surface area contributed by atoms with Crippen molar-refractivity contribution in [2.24, 2.45) is 0 Å². The normalized spacial score (nSPS) is 13.4. The summed E-state index contributed by atoms with van der Waals surface area (Å²) < 4.78 is 12.3. The zero-order valence-corrected chi connectivity index (χ0v) is 21.3. The number of benzene rings is 3. The second-order valence-corrected chi connectivity index (χ2v) is 10.2. The van der Waals surface area contributed by atoms with Crippen LogP contribution in [0.4, 0.5) is 9.59 Å². The molecule has 4 aromatic rings. The van der Waals surface area contributed by atoms with E-state index in [0.717, 1.165) is 22.3 Å². The number of aromatic nitrogens is 1. The first-order valence-corrected chi connectivity index (χ1v) is 12.3. The number of hydrogen-bond donors (Lipinski definition) is 2. The van der Waals surface area contributed by atoms with Crippen molar-refractivity contribution in [3.8, 4) is 11.1 Å². The summed E-state index contributed by atoms with van der Waals surface area (Å²) in [6.45, 7) is 5.29. The maximum atomic E-state index is 12.9. The molecular formula is C30H28N2O6. The molecule has 0 saturated heterocycles. The summed E-state index contributed by atoms with van der Waals surface area (Å²) >= 11 is 0. The number of carbonyl (C=O) groups excluding carboxylic acids is 2. The third kappa shape index (κ3) is 4.72. The average molecular weight is 513 g/mol. The second-order valence-electron chi connectivity index (χ2n) is 10.2. The van der Waals surface area contributed by atoms with Crippen molar-refractivity contribution in [3.05, 3.63) is 95.7 Å². The summed E-state index contributed by atoms with van der Waals surface area (Å²) in [6, 6.07) is 21.3. The molecule has 5 rings (SSSR count). The van der Waals surface area contributed by atoms with Gasteiger partial charge in [-0.15, -0.1) is 0 Å². The summed E-state index contributed by atoms with van der Waals surface area (Å²) in [7, 11) is 0. The molecule has 38 heavy (non-hydrogen) atoms. The molecule has 1 aromatic heterocycles. The van der Waals surface area contributed by atoms with Crippen LogP contribution in [0, 0.1) is 0 Å². The highest BCUT2D eigenvalue weighted by molar-refractivity contribution is 5.96. The first-order valence-electron chi connectivity index (χ1n) is 12.3. The maximum Gasteiger partial charge on any atom is 0.419 e. The van der Waals surface area contributed by atoms with Crippen LogP contribution in [0.5, 0.6) is 0 Å². The van der Waals surface area contributed by atoms with Crippen LogP contribution >= 0.6 is 0 Å². The number of aliphatic carboxylic acids is 1. The standard InChI is InChI=1S/C30H28N2O6/c1-30(2,3)38-29(36)32-16-23(22-14-8-9-15-25(22)32)26(27(33)34)31-28(35)37-17-24-20-12-6-4-10-18(20)19-11-5-7-13-21(19)24/h4-16,24,26H,17H2,1-3H3,(H,31,35)(H,33,34). The maximum absolute atomic E-state index is 12.9. The number of carboxylic acids is 1. The van der Waals surface area contributed by atoms with Gasteiger partial charge < -0.3 is 19.9 Å². The molecule has 3 aromatic carbocycles. The number of hydrogen-bond acceptors (Lipinski definition) is 5. The Hall–Kier alpha value is -4.59. The summed E-state index contributed by atoms with van der Waals surface area (Å²) in [6.07, 6.45) is -0.125. The highest BCUT2D eigenvalue weighted by Gasteiger charge is 2.32. The minimum Gasteiger partial charge on any atom is -0.479 e. The molecule has 1 aliphatic carbocycles. The van der Waals surface area contributed by atoms with Crippen LogP contribution in [0.3, 0.4) is 0 Å². The Morgan fingerprint density at radius 1 is 0.921 bits per heavy atom. The number of amides is 1. The van der Waals surface area contributed by atoms with Crippen molar-refractivity contribution in [2.45, 2.75) is 38.3 Å². The summed E-state index contributed by atoms with van der Waals surface area (Å²) in [4.78, 5) is 38.0. The number of nitrogens with one attached hydrogen (secondary N) is 1. The fourth-order valence-electron chi connectivity index (χ4n) is 4.93. The van der Waals surface area contributed by atoms with Crippen LogP contribution in [0.2, 0.25) is 0 Å². The van der Waals surface area contributed by atoms with E-state index in [1.165, 1.54) is 10.8 Å². The van der Waals surface area contributed by atoms with E-state index in [-0.39, 0.29) is 18.1 Å². The van der Waals surface area contributed by atoms with E-state index >= 15 is 0 Å². The molecule has 8 nitrogen and oxygen atoms in total. The predicted molar refractivity (Wildman–Crippen MR) is 142 cm³/mol. The van der Waals surface area contributed by atoms with Crippen LogP contribution in [0.15, 0.2) is 79.0 Å². The molecule has 0 bridgehead atoms. The van der Waals surface area contributed by atoms with Gasteiger partial charge in [0.25, 0.3) is 0 Å². The molecule has 2 N–H and O–H groups in total. The summed E-state index contributed by atoms with van der Waals surface area (Å²) in [5.41, 5.74) is 4.26. The number of carboxylic acid groups (broad SMARTS) is 1. The Balaban J connectivity index is 1.38. The number of fused-ring (bicyclic) bond motifs is 4. The first kappa shape index (κ1) is 25.1. The predicted octanol–water partition coefficient (Wildman–Crippen LogP) is 6.09. The van der Waals surface area contributed by atoms with Gasteiger partial charge in [-0.05, 0) is 49.1 Å². The molecule has 0 spiro atoms. The topological polar surface area (TPSA) is 107 Å². The van der Waals surface area contributed by atoms with Gasteiger partial charge >= 0.3 is 18.2 Å². The lowest BCUT2D eigenvalue weighted by Crippen LogP contribution is -2.34. The fraction of sp³-hybridized carbons (Fsp3) is 0.233. The van der Waals surface area contributed by atoms with Crippen molar-refractivity contribution in [1.29, 1.82) is 0 Å². The highest BCUT2D eigenvalue weighted by atomic mass is 16.6. The van der Waals surface area contributed by atoms with E-state index in [1.807, 2.05) is 48.5 Å². The SMILES string of the molecule is CC(C)(C)OC(=O)n1cc(C(NC(=O)OCC2c3ccccc3-c3ccccc32)C(=O)O)c2ccccc21. The lowest BCUT2D eigenvalue weighted by atomic mass is 9.98. The first-order chi connectivity index (χ1) is 18.1. The second kappa shape index (κ2) is 9.70. The minimum atomic E-state index is -1.45. The van der Waals surface area contributed by atoms with Crippen LogP contribution in [0.25, 0.3) is 22.0 Å². The van der Waals surface area contributed by atoms with Gasteiger partial charge in [-0.2, -0.15) is 0 Å². The Morgan fingerprint density at radius 2 is 1.50 bits per heavy atom. The van der Waals surface area contributed by atoms with Gasteiger partial charge in [0.15, 0.2) is 6.04 Å². The zero-order valence-electron chi connectivity index (χ0n) is 21.3. The van der Waals surface area contributed by atoms with Gasteiger partial charge in [0.05, 0.1) is 5.52 Å². The highest BCUT2D eigenvalue weighted by Crippen LogP contribution is 2.44. The van der Waals surface area contributed by atoms with E-state index in [2.05, 4.69) is 5.32 Å². The van der Waals surface area contributed by atoms with Gasteiger partial charge in [-0.1, -0.05) is 66.7 Å². The van der Waals surface area contributed by atoms with Crippen molar-refractivity contribution in [2.75, 3.05) is 6.61 Å². The van der Waals surface area contributed by atoms with Gasteiger partial charge in [-0.3, -0.25) is 4.57 Å². The van der Waals surface area contributed by atoms with Gasteiger partial charge in [0.1, 0.15) is 12.2 Å². The van der Waals surface area contributed by atoms with E-state index in [0.29, 0.717) is 10.9 Å². The van der Waals surface area contributed by atoms with E-state index in [4.69, 9.17) is 9.47 Å². The van der Waals surface area contributed by atoms with E-state index in [1.54, 1.807) is 45.0 Å². The van der Waals surface area contributed by atoms with Crippen LogP contribution < -0.4 is 5.32 Å². The minimum absolute atomic E-state index is 0.0475. The lowest BCUT2D eigenvalue weighted by Gasteiger charge is -2.19. The van der Waals surface area contributed by atoms with E-state index in [9.17, 15) is 19.5 Å². The number of nitrogens with zero attached hydrogens (tertiary/aromatic N) is 1. The molecule has 1 unspecified atom stereocenters. The quantitative estimate of drug-likeness (QED) is 0.335. The molecule has 1 aliphatic rings. The molecule has 1 amide bonds. The van der Waals surface area contributed by atoms with Crippen molar-refractivity contribution in [3.63, 3.8) is 0 Å². The third-order valence-electron chi connectivity index (χ3n) is 6.50.